The highest BCUT2D eigenvalue weighted by Crippen LogP contribution is 2.32. The van der Waals surface area contributed by atoms with Gasteiger partial charge in [-0.05, 0) is 56.5 Å². The highest BCUT2D eigenvalue weighted by atomic mass is 35.5. The fourth-order valence-corrected chi connectivity index (χ4v) is 3.71. The Morgan fingerprint density at radius 2 is 1.74 bits per heavy atom. The normalized spacial score (nSPS) is 27.1. The molecule has 0 aliphatic carbocycles. The number of rotatable bonds is 3. The average molecular weight is 353 g/mol. The van der Waals surface area contributed by atoms with Gasteiger partial charge in [-0.3, -0.25) is 4.90 Å². The van der Waals surface area contributed by atoms with Gasteiger partial charge in [0.15, 0.2) is 0 Å². The molecule has 1 aromatic rings. The van der Waals surface area contributed by atoms with E-state index in [2.05, 4.69) is 10.2 Å². The first-order valence-electron chi connectivity index (χ1n) is 7.64. The number of halogens is 5. The summed E-state index contributed by atoms with van der Waals surface area (Å²) in [7, 11) is 1.91. The standard InChI is InChI=1S/C16H20F4N2.ClH/c1-22(15-7-13-2-3-14(8-15)21-13)9-10-4-11(16(18,19)20)6-12(17)5-10;/h4-6,13-15,21H,2-3,7-9H2,1H3;1H. The summed E-state index contributed by atoms with van der Waals surface area (Å²) in [5.41, 5.74) is -0.540. The smallest absolute Gasteiger partial charge is 0.311 e. The lowest BCUT2D eigenvalue weighted by molar-refractivity contribution is -0.137. The molecule has 23 heavy (non-hydrogen) atoms. The zero-order valence-corrected chi connectivity index (χ0v) is 13.7. The molecule has 2 bridgehead atoms. The van der Waals surface area contributed by atoms with Crippen LogP contribution in [0.5, 0.6) is 0 Å². The van der Waals surface area contributed by atoms with Gasteiger partial charge in [-0.15, -0.1) is 12.4 Å². The number of piperidine rings is 1. The van der Waals surface area contributed by atoms with Crippen LogP contribution in [0.1, 0.15) is 36.8 Å². The second-order valence-corrected chi connectivity index (χ2v) is 6.52. The molecule has 1 N–H and O–H groups in total. The predicted molar refractivity (Wildman–Crippen MR) is 83.1 cm³/mol. The van der Waals surface area contributed by atoms with Crippen LogP contribution in [0.4, 0.5) is 17.6 Å². The van der Waals surface area contributed by atoms with E-state index in [0.29, 0.717) is 36.3 Å². The zero-order valence-electron chi connectivity index (χ0n) is 12.9. The molecule has 2 aliphatic rings. The molecule has 0 aromatic heterocycles. The second kappa shape index (κ2) is 6.95. The van der Waals surface area contributed by atoms with Crippen molar-refractivity contribution in [3.8, 4) is 0 Å². The average Bonchev–Trinajstić information content (AvgIpc) is 2.75. The lowest BCUT2D eigenvalue weighted by Gasteiger charge is -2.35. The number of hydrogen-bond acceptors (Lipinski definition) is 2. The maximum Gasteiger partial charge on any atom is 0.416 e. The van der Waals surface area contributed by atoms with E-state index in [1.807, 2.05) is 7.05 Å². The van der Waals surface area contributed by atoms with Gasteiger partial charge in [0, 0.05) is 24.7 Å². The molecule has 2 saturated heterocycles. The first kappa shape index (κ1) is 18.5. The lowest BCUT2D eigenvalue weighted by Crippen LogP contribution is -2.46. The Morgan fingerprint density at radius 1 is 1.13 bits per heavy atom. The van der Waals surface area contributed by atoms with Crippen molar-refractivity contribution in [2.45, 2.75) is 56.5 Å². The van der Waals surface area contributed by atoms with Crippen molar-refractivity contribution in [1.29, 1.82) is 0 Å². The van der Waals surface area contributed by atoms with Gasteiger partial charge < -0.3 is 5.32 Å². The van der Waals surface area contributed by atoms with Crippen LogP contribution < -0.4 is 5.32 Å². The Labute approximate surface area is 139 Å². The quantitative estimate of drug-likeness (QED) is 0.828. The zero-order chi connectivity index (χ0) is 15.9. The third kappa shape index (κ3) is 4.37. The van der Waals surface area contributed by atoms with Crippen LogP contribution in [0.15, 0.2) is 18.2 Å². The third-order valence-corrected chi connectivity index (χ3v) is 4.79. The first-order valence-corrected chi connectivity index (χ1v) is 7.64. The molecule has 7 heteroatoms. The Hall–Kier alpha value is -0.850. The molecule has 2 atom stereocenters. The van der Waals surface area contributed by atoms with Gasteiger partial charge in [0.1, 0.15) is 5.82 Å². The van der Waals surface area contributed by atoms with Crippen LogP contribution in [0.2, 0.25) is 0 Å². The van der Waals surface area contributed by atoms with Crippen molar-refractivity contribution >= 4 is 12.4 Å². The number of hydrogen-bond donors (Lipinski definition) is 1. The molecule has 130 valence electrons. The van der Waals surface area contributed by atoms with E-state index in [-0.39, 0.29) is 12.4 Å². The number of benzene rings is 1. The molecule has 2 heterocycles. The van der Waals surface area contributed by atoms with E-state index in [0.717, 1.165) is 18.9 Å². The summed E-state index contributed by atoms with van der Waals surface area (Å²) in [6.45, 7) is 0.338. The van der Waals surface area contributed by atoms with Crippen molar-refractivity contribution < 1.29 is 17.6 Å². The maximum atomic E-state index is 13.5. The molecule has 1 aromatic carbocycles. The van der Waals surface area contributed by atoms with Crippen molar-refractivity contribution in [1.82, 2.24) is 10.2 Å². The summed E-state index contributed by atoms with van der Waals surface area (Å²) < 4.78 is 51.7. The van der Waals surface area contributed by atoms with Crippen LogP contribution in [-0.4, -0.2) is 30.1 Å². The van der Waals surface area contributed by atoms with E-state index in [1.165, 1.54) is 18.9 Å². The van der Waals surface area contributed by atoms with E-state index in [9.17, 15) is 17.6 Å². The van der Waals surface area contributed by atoms with Crippen LogP contribution in [0, 0.1) is 5.82 Å². The Bertz CT molecular complexity index is 537. The topological polar surface area (TPSA) is 15.3 Å². The Balaban J connectivity index is 0.00000192. The molecule has 2 aliphatic heterocycles. The van der Waals surface area contributed by atoms with Crippen molar-refractivity contribution in [3.63, 3.8) is 0 Å². The van der Waals surface area contributed by atoms with Gasteiger partial charge >= 0.3 is 6.18 Å². The molecular weight excluding hydrogens is 332 g/mol. The highest BCUT2D eigenvalue weighted by Gasteiger charge is 2.35. The molecule has 0 radical (unpaired) electrons. The fourth-order valence-electron chi connectivity index (χ4n) is 3.71. The van der Waals surface area contributed by atoms with E-state index < -0.39 is 17.6 Å². The van der Waals surface area contributed by atoms with Gasteiger partial charge in [-0.25, -0.2) is 4.39 Å². The Morgan fingerprint density at radius 3 is 2.30 bits per heavy atom. The summed E-state index contributed by atoms with van der Waals surface area (Å²) in [5, 5.41) is 3.54. The third-order valence-electron chi connectivity index (χ3n) is 4.79. The number of alkyl halides is 3. The van der Waals surface area contributed by atoms with Crippen molar-refractivity contribution in [2.75, 3.05) is 7.05 Å². The number of fused-ring (bicyclic) bond motifs is 2. The lowest BCUT2D eigenvalue weighted by atomic mass is 9.98. The SMILES string of the molecule is CN(Cc1cc(F)cc(C(F)(F)F)c1)C1CC2CCC(C1)N2.Cl. The minimum Gasteiger partial charge on any atom is -0.311 e. The summed E-state index contributed by atoms with van der Waals surface area (Å²) in [6, 6.07) is 4.18. The molecular formula is C16H21ClF4N2. The van der Waals surface area contributed by atoms with Gasteiger partial charge in [0.2, 0.25) is 0 Å². The minimum absolute atomic E-state index is 0. The van der Waals surface area contributed by atoms with E-state index in [1.54, 1.807) is 0 Å². The second-order valence-electron chi connectivity index (χ2n) is 6.52. The van der Waals surface area contributed by atoms with Crippen molar-refractivity contribution in [2.24, 2.45) is 0 Å². The Kier molecular flexibility index (Phi) is 5.59. The first-order chi connectivity index (χ1) is 10.3. The molecule has 2 unspecified atom stereocenters. The molecule has 2 nitrogen and oxygen atoms in total. The van der Waals surface area contributed by atoms with E-state index in [4.69, 9.17) is 0 Å². The predicted octanol–water partition coefficient (Wildman–Crippen LogP) is 3.98. The molecule has 0 saturated carbocycles. The largest absolute Gasteiger partial charge is 0.416 e. The van der Waals surface area contributed by atoms with Crippen LogP contribution in [0.3, 0.4) is 0 Å². The fraction of sp³-hybridized carbons (Fsp3) is 0.625. The molecule has 0 amide bonds. The van der Waals surface area contributed by atoms with Gasteiger partial charge in [-0.2, -0.15) is 13.2 Å². The summed E-state index contributed by atoms with van der Waals surface area (Å²) in [4.78, 5) is 2.06. The van der Waals surface area contributed by atoms with Crippen LogP contribution >= 0.6 is 12.4 Å². The van der Waals surface area contributed by atoms with Gasteiger partial charge in [-0.1, -0.05) is 0 Å². The maximum absolute atomic E-state index is 13.5. The summed E-state index contributed by atoms with van der Waals surface area (Å²) >= 11 is 0. The number of nitrogens with zero attached hydrogens (tertiary/aromatic N) is 1. The van der Waals surface area contributed by atoms with E-state index >= 15 is 0 Å². The molecule has 0 spiro atoms. The summed E-state index contributed by atoms with van der Waals surface area (Å²) in [5.74, 6) is -0.830. The van der Waals surface area contributed by atoms with Crippen LogP contribution in [-0.2, 0) is 12.7 Å². The van der Waals surface area contributed by atoms with Crippen molar-refractivity contribution in [3.05, 3.63) is 35.1 Å². The van der Waals surface area contributed by atoms with Gasteiger partial charge in [0.05, 0.1) is 5.56 Å². The highest BCUT2D eigenvalue weighted by molar-refractivity contribution is 5.85. The number of nitrogens with one attached hydrogen (secondary N) is 1. The summed E-state index contributed by atoms with van der Waals surface area (Å²) in [6.07, 6.45) is -0.146. The minimum atomic E-state index is -4.51. The van der Waals surface area contributed by atoms with Crippen LogP contribution in [0.25, 0.3) is 0 Å². The molecule has 2 fully saturated rings. The van der Waals surface area contributed by atoms with Gasteiger partial charge in [0.25, 0.3) is 0 Å². The monoisotopic (exact) mass is 352 g/mol. The molecule has 3 rings (SSSR count).